The first kappa shape index (κ1) is 16.1. The van der Waals surface area contributed by atoms with Gasteiger partial charge in [-0.1, -0.05) is 13.8 Å². The molecule has 7 heteroatoms. The molecule has 0 unspecified atom stereocenters. The van der Waals surface area contributed by atoms with Crippen LogP contribution >= 0.6 is 15.9 Å². The van der Waals surface area contributed by atoms with Crippen LogP contribution in [0.15, 0.2) is 16.7 Å². The average Bonchev–Trinajstić information content (AvgIpc) is 2.53. The molecule has 0 fully saturated rings. The molecule has 0 saturated carbocycles. The second kappa shape index (κ2) is 5.98. The topological polar surface area (TPSA) is 25.2 Å². The van der Waals surface area contributed by atoms with Gasteiger partial charge in [0.25, 0.3) is 5.91 Å². The van der Waals surface area contributed by atoms with Gasteiger partial charge in [-0.15, -0.1) is 0 Å². The lowest BCUT2D eigenvalue weighted by molar-refractivity contribution is -0.141. The van der Waals surface area contributed by atoms with Crippen LogP contribution in [0.1, 0.15) is 24.3 Å². The number of alkyl halides is 3. The highest BCUT2D eigenvalue weighted by atomic mass is 79.9. The lowest BCUT2D eigenvalue weighted by atomic mass is 10.2. The van der Waals surface area contributed by atoms with Crippen molar-refractivity contribution in [2.45, 2.75) is 20.0 Å². The van der Waals surface area contributed by atoms with Gasteiger partial charge in [-0.05, 0) is 27.9 Å². The maximum Gasteiger partial charge on any atom is 0.406 e. The van der Waals surface area contributed by atoms with E-state index in [0.29, 0.717) is 4.47 Å². The summed E-state index contributed by atoms with van der Waals surface area (Å²) < 4.78 is 39.8. The summed E-state index contributed by atoms with van der Waals surface area (Å²) >= 11 is 3.20. The van der Waals surface area contributed by atoms with Crippen molar-refractivity contribution in [3.63, 3.8) is 0 Å². The molecule has 0 aliphatic carbocycles. The molecule has 0 N–H and O–H groups in total. The molecule has 1 heterocycles. The molecular formula is C12H16BrF3N2O. The van der Waals surface area contributed by atoms with Crippen LogP contribution < -0.4 is 0 Å². The van der Waals surface area contributed by atoms with Crippen LogP contribution in [0.25, 0.3) is 0 Å². The van der Waals surface area contributed by atoms with Crippen LogP contribution in [0.3, 0.4) is 0 Å². The van der Waals surface area contributed by atoms with E-state index in [-0.39, 0.29) is 18.2 Å². The average molecular weight is 341 g/mol. The fourth-order valence-corrected chi connectivity index (χ4v) is 2.30. The molecule has 1 amide bonds. The Morgan fingerprint density at radius 3 is 2.42 bits per heavy atom. The molecule has 0 saturated heterocycles. The molecule has 1 rings (SSSR count). The van der Waals surface area contributed by atoms with E-state index >= 15 is 0 Å². The monoisotopic (exact) mass is 340 g/mol. The fraction of sp³-hybridized carbons (Fsp3) is 0.583. The summed E-state index contributed by atoms with van der Waals surface area (Å²) in [5.41, 5.74) is 0.233. The molecule has 108 valence electrons. The Kier molecular flexibility index (Phi) is 5.06. The van der Waals surface area contributed by atoms with E-state index in [1.807, 2.05) is 0 Å². The molecule has 0 bridgehead atoms. The second-order valence-corrected chi connectivity index (χ2v) is 5.76. The van der Waals surface area contributed by atoms with Gasteiger partial charge in [0, 0.05) is 24.3 Å². The number of halogens is 4. The van der Waals surface area contributed by atoms with E-state index in [2.05, 4.69) is 15.9 Å². The Bertz CT molecular complexity index is 454. The number of hydrogen-bond acceptors (Lipinski definition) is 1. The fourth-order valence-electron chi connectivity index (χ4n) is 1.78. The molecular weight excluding hydrogens is 325 g/mol. The van der Waals surface area contributed by atoms with Crippen LogP contribution in [0, 0.1) is 5.92 Å². The molecule has 0 atom stereocenters. The van der Waals surface area contributed by atoms with Gasteiger partial charge >= 0.3 is 6.18 Å². The van der Waals surface area contributed by atoms with E-state index < -0.39 is 18.6 Å². The van der Waals surface area contributed by atoms with Gasteiger partial charge in [0.2, 0.25) is 0 Å². The summed E-state index contributed by atoms with van der Waals surface area (Å²) in [5.74, 6) is -0.644. The maximum absolute atomic E-state index is 12.5. The van der Waals surface area contributed by atoms with Crippen molar-refractivity contribution in [3.8, 4) is 0 Å². The number of hydrogen-bond donors (Lipinski definition) is 0. The Hall–Kier alpha value is -0.980. The number of rotatable bonds is 4. The lowest BCUT2D eigenvalue weighted by Gasteiger charge is -2.25. The summed E-state index contributed by atoms with van der Waals surface area (Å²) in [6, 6.07) is 1.52. The third kappa shape index (κ3) is 4.89. The van der Waals surface area contributed by atoms with Crippen LogP contribution in [-0.2, 0) is 7.05 Å². The third-order valence-corrected chi connectivity index (χ3v) is 2.87. The number of carbonyl (C=O) groups is 1. The molecule has 1 aromatic rings. The summed E-state index contributed by atoms with van der Waals surface area (Å²) in [4.78, 5) is 13.0. The zero-order chi connectivity index (χ0) is 14.8. The number of aryl methyl sites for hydroxylation is 1. The third-order valence-electron chi connectivity index (χ3n) is 2.43. The summed E-state index contributed by atoms with van der Waals surface area (Å²) in [6.07, 6.45) is -2.76. The molecule has 0 aliphatic heterocycles. The Labute approximate surface area is 118 Å². The van der Waals surface area contributed by atoms with Gasteiger partial charge < -0.3 is 9.47 Å². The van der Waals surface area contributed by atoms with Crippen molar-refractivity contribution >= 4 is 21.8 Å². The SMILES string of the molecule is CC(C)CN(CC(F)(F)F)C(=O)c1cc(Br)cn1C. The minimum absolute atomic E-state index is 0.0324. The summed E-state index contributed by atoms with van der Waals surface area (Å²) in [7, 11) is 1.62. The maximum atomic E-state index is 12.5. The summed E-state index contributed by atoms with van der Waals surface area (Å²) in [6.45, 7) is 2.39. The number of carbonyl (C=O) groups excluding carboxylic acids is 1. The van der Waals surface area contributed by atoms with Crippen molar-refractivity contribution in [3.05, 3.63) is 22.4 Å². The van der Waals surface area contributed by atoms with Crippen LogP contribution in [-0.4, -0.2) is 34.6 Å². The smallest absolute Gasteiger partial charge is 0.345 e. The Morgan fingerprint density at radius 2 is 2.05 bits per heavy atom. The Morgan fingerprint density at radius 1 is 1.47 bits per heavy atom. The van der Waals surface area contributed by atoms with E-state index in [0.717, 1.165) is 4.90 Å². The van der Waals surface area contributed by atoms with Crippen molar-refractivity contribution in [2.24, 2.45) is 13.0 Å². The van der Waals surface area contributed by atoms with Crippen molar-refractivity contribution in [2.75, 3.05) is 13.1 Å². The van der Waals surface area contributed by atoms with Gasteiger partial charge in [-0.3, -0.25) is 4.79 Å². The highest BCUT2D eigenvalue weighted by Gasteiger charge is 2.34. The lowest BCUT2D eigenvalue weighted by Crippen LogP contribution is -2.41. The van der Waals surface area contributed by atoms with Gasteiger partial charge in [0.15, 0.2) is 0 Å². The molecule has 3 nitrogen and oxygen atoms in total. The first-order chi connectivity index (χ1) is 8.60. The second-order valence-electron chi connectivity index (χ2n) is 4.85. The zero-order valence-electron chi connectivity index (χ0n) is 11.0. The van der Waals surface area contributed by atoms with E-state index in [1.165, 1.54) is 10.6 Å². The minimum Gasteiger partial charge on any atom is -0.345 e. The van der Waals surface area contributed by atoms with E-state index in [4.69, 9.17) is 0 Å². The predicted molar refractivity (Wildman–Crippen MR) is 69.9 cm³/mol. The van der Waals surface area contributed by atoms with E-state index in [1.54, 1.807) is 27.1 Å². The Balaban J connectivity index is 2.97. The molecule has 19 heavy (non-hydrogen) atoms. The largest absolute Gasteiger partial charge is 0.406 e. The highest BCUT2D eigenvalue weighted by Crippen LogP contribution is 2.21. The molecule has 0 radical (unpaired) electrons. The number of amides is 1. The van der Waals surface area contributed by atoms with Crippen LogP contribution in [0.5, 0.6) is 0 Å². The predicted octanol–water partition coefficient (Wildman–Crippen LogP) is 3.45. The molecule has 0 aromatic carbocycles. The summed E-state index contributed by atoms with van der Waals surface area (Å²) in [5, 5.41) is 0. The highest BCUT2D eigenvalue weighted by molar-refractivity contribution is 9.10. The van der Waals surface area contributed by atoms with Crippen molar-refractivity contribution < 1.29 is 18.0 Å². The normalized spacial score (nSPS) is 12.0. The quantitative estimate of drug-likeness (QED) is 0.824. The molecule has 1 aromatic heterocycles. The van der Waals surface area contributed by atoms with Crippen LogP contribution in [0.2, 0.25) is 0 Å². The zero-order valence-corrected chi connectivity index (χ0v) is 12.5. The first-order valence-corrected chi connectivity index (χ1v) is 6.57. The van der Waals surface area contributed by atoms with Gasteiger partial charge in [-0.2, -0.15) is 13.2 Å². The molecule has 0 spiro atoms. The molecule has 0 aliphatic rings. The van der Waals surface area contributed by atoms with Crippen LogP contribution in [0.4, 0.5) is 13.2 Å². The minimum atomic E-state index is -4.40. The van der Waals surface area contributed by atoms with Gasteiger partial charge in [0.1, 0.15) is 12.2 Å². The first-order valence-electron chi connectivity index (χ1n) is 5.78. The van der Waals surface area contributed by atoms with Gasteiger partial charge in [0.05, 0.1) is 0 Å². The standard InChI is InChI=1S/C12H16BrF3N2O/c1-8(2)5-18(7-12(14,15)16)11(19)10-4-9(13)6-17(10)3/h4,6,8H,5,7H2,1-3H3. The van der Waals surface area contributed by atoms with Gasteiger partial charge in [-0.25, -0.2) is 0 Å². The van der Waals surface area contributed by atoms with E-state index in [9.17, 15) is 18.0 Å². The van der Waals surface area contributed by atoms with Crippen molar-refractivity contribution in [1.82, 2.24) is 9.47 Å². The number of nitrogens with zero attached hydrogens (tertiary/aromatic N) is 2. The van der Waals surface area contributed by atoms with Crippen molar-refractivity contribution in [1.29, 1.82) is 0 Å². The number of aromatic nitrogens is 1.